The van der Waals surface area contributed by atoms with E-state index >= 15 is 0 Å². The number of amides is 1. The van der Waals surface area contributed by atoms with Crippen LogP contribution in [0.2, 0.25) is 0 Å². The monoisotopic (exact) mass is 421 g/mol. The Morgan fingerprint density at radius 2 is 1.86 bits per heavy atom. The number of carbonyl (C=O) groups excluding carboxylic acids is 1. The minimum atomic E-state index is -4.49. The molecule has 116 valence electrons. The van der Waals surface area contributed by atoms with Gasteiger partial charge in [-0.3, -0.25) is 4.79 Å². The van der Waals surface area contributed by atoms with Crippen molar-refractivity contribution in [1.82, 2.24) is 0 Å². The van der Waals surface area contributed by atoms with Crippen LogP contribution in [0.5, 0.6) is 5.75 Å². The Morgan fingerprint density at radius 3 is 2.50 bits per heavy atom. The van der Waals surface area contributed by atoms with Gasteiger partial charge in [-0.1, -0.05) is 0 Å². The van der Waals surface area contributed by atoms with Gasteiger partial charge in [0.1, 0.15) is 5.75 Å². The maximum Gasteiger partial charge on any atom is 0.416 e. The fraction of sp³-hybridized carbons (Fsp3) is 0.133. The fourth-order valence-electron chi connectivity index (χ4n) is 1.91. The van der Waals surface area contributed by atoms with Gasteiger partial charge in [-0.25, -0.2) is 0 Å². The van der Waals surface area contributed by atoms with E-state index < -0.39 is 17.6 Å². The molecule has 0 saturated heterocycles. The maximum absolute atomic E-state index is 12.8. The van der Waals surface area contributed by atoms with E-state index in [1.165, 1.54) is 25.1 Å². The SMILES string of the molecule is Cc1cc(NC(=O)c2cc(I)ccc2O)cc(C(F)(F)F)c1. The van der Waals surface area contributed by atoms with E-state index in [-0.39, 0.29) is 17.0 Å². The van der Waals surface area contributed by atoms with Crippen molar-refractivity contribution >= 4 is 34.2 Å². The van der Waals surface area contributed by atoms with Crippen molar-refractivity contribution in [1.29, 1.82) is 0 Å². The molecule has 2 N–H and O–H groups in total. The second-order valence-corrected chi connectivity index (χ2v) is 5.95. The van der Waals surface area contributed by atoms with E-state index in [2.05, 4.69) is 5.32 Å². The molecule has 7 heteroatoms. The number of phenolic OH excluding ortho intramolecular Hbond substituents is 1. The Bertz CT molecular complexity index is 729. The summed E-state index contributed by atoms with van der Waals surface area (Å²) in [6.07, 6.45) is -4.49. The van der Waals surface area contributed by atoms with Crippen molar-refractivity contribution in [3.63, 3.8) is 0 Å². The lowest BCUT2D eigenvalue weighted by molar-refractivity contribution is -0.137. The average Bonchev–Trinajstić information content (AvgIpc) is 2.39. The van der Waals surface area contributed by atoms with Gasteiger partial charge in [-0.2, -0.15) is 13.2 Å². The summed E-state index contributed by atoms with van der Waals surface area (Å²) >= 11 is 1.97. The number of aryl methyl sites for hydroxylation is 1. The molecule has 0 atom stereocenters. The molecule has 1 amide bonds. The van der Waals surface area contributed by atoms with Crippen LogP contribution in [-0.2, 0) is 6.18 Å². The second-order valence-electron chi connectivity index (χ2n) is 4.70. The number of halogens is 4. The van der Waals surface area contributed by atoms with Crippen molar-refractivity contribution in [2.24, 2.45) is 0 Å². The van der Waals surface area contributed by atoms with E-state index in [1.54, 1.807) is 6.07 Å². The number of rotatable bonds is 2. The lowest BCUT2D eigenvalue weighted by atomic mass is 10.1. The van der Waals surface area contributed by atoms with Gasteiger partial charge in [-0.05, 0) is 71.5 Å². The lowest BCUT2D eigenvalue weighted by Crippen LogP contribution is -2.14. The van der Waals surface area contributed by atoms with Gasteiger partial charge >= 0.3 is 6.18 Å². The van der Waals surface area contributed by atoms with Crippen LogP contribution in [0.3, 0.4) is 0 Å². The molecule has 0 heterocycles. The van der Waals surface area contributed by atoms with Crippen LogP contribution < -0.4 is 5.32 Å². The summed E-state index contributed by atoms with van der Waals surface area (Å²) < 4.78 is 39.0. The third kappa shape index (κ3) is 3.90. The van der Waals surface area contributed by atoms with Crippen LogP contribution in [0, 0.1) is 10.5 Å². The zero-order chi connectivity index (χ0) is 16.5. The van der Waals surface area contributed by atoms with Crippen LogP contribution in [-0.4, -0.2) is 11.0 Å². The van der Waals surface area contributed by atoms with Gasteiger partial charge in [0, 0.05) is 9.26 Å². The van der Waals surface area contributed by atoms with E-state index in [9.17, 15) is 23.1 Å². The minimum absolute atomic E-state index is 0.00182. The molecule has 0 aromatic heterocycles. The summed E-state index contributed by atoms with van der Waals surface area (Å²) in [6.45, 7) is 1.51. The molecule has 3 nitrogen and oxygen atoms in total. The number of nitrogens with one attached hydrogen (secondary N) is 1. The first-order chi connectivity index (χ1) is 10.2. The van der Waals surface area contributed by atoms with E-state index in [0.717, 1.165) is 15.7 Å². The molecule has 2 aromatic rings. The van der Waals surface area contributed by atoms with Crippen LogP contribution in [0.1, 0.15) is 21.5 Å². The molecular weight excluding hydrogens is 410 g/mol. The van der Waals surface area contributed by atoms with Gasteiger partial charge in [0.05, 0.1) is 11.1 Å². The molecule has 0 spiro atoms. The summed E-state index contributed by atoms with van der Waals surface area (Å²) in [5.74, 6) is -0.906. The average molecular weight is 421 g/mol. The number of aromatic hydroxyl groups is 1. The Morgan fingerprint density at radius 1 is 1.18 bits per heavy atom. The Labute approximate surface area is 138 Å². The predicted octanol–water partition coefficient (Wildman–Crippen LogP) is 4.58. The maximum atomic E-state index is 12.8. The third-order valence-electron chi connectivity index (χ3n) is 2.87. The van der Waals surface area contributed by atoms with Crippen molar-refractivity contribution in [2.45, 2.75) is 13.1 Å². The summed E-state index contributed by atoms with van der Waals surface area (Å²) in [4.78, 5) is 12.1. The molecule has 0 radical (unpaired) electrons. The topological polar surface area (TPSA) is 49.3 Å². The smallest absolute Gasteiger partial charge is 0.416 e. The van der Waals surface area contributed by atoms with Crippen LogP contribution in [0.15, 0.2) is 36.4 Å². The molecule has 0 bridgehead atoms. The number of alkyl halides is 3. The number of hydrogen-bond acceptors (Lipinski definition) is 2. The fourth-order valence-corrected chi connectivity index (χ4v) is 2.40. The lowest BCUT2D eigenvalue weighted by Gasteiger charge is -2.12. The van der Waals surface area contributed by atoms with E-state index in [4.69, 9.17) is 0 Å². The van der Waals surface area contributed by atoms with Crippen LogP contribution >= 0.6 is 22.6 Å². The summed E-state index contributed by atoms with van der Waals surface area (Å²) in [7, 11) is 0. The highest BCUT2D eigenvalue weighted by atomic mass is 127. The molecule has 22 heavy (non-hydrogen) atoms. The van der Waals surface area contributed by atoms with E-state index in [1.807, 2.05) is 22.6 Å². The van der Waals surface area contributed by atoms with Crippen molar-refractivity contribution in [2.75, 3.05) is 5.32 Å². The van der Waals surface area contributed by atoms with Crippen molar-refractivity contribution in [3.05, 3.63) is 56.7 Å². The first kappa shape index (κ1) is 16.6. The standard InChI is InChI=1S/C15H11F3INO2/c1-8-4-9(15(16,17)18)6-11(5-8)20-14(22)12-7-10(19)2-3-13(12)21/h2-7,21H,1H3,(H,20,22). The number of phenols is 1. The van der Waals surface area contributed by atoms with Crippen LogP contribution in [0.25, 0.3) is 0 Å². The van der Waals surface area contributed by atoms with Crippen molar-refractivity contribution < 1.29 is 23.1 Å². The number of carbonyl (C=O) groups is 1. The molecule has 2 aromatic carbocycles. The summed E-state index contributed by atoms with van der Waals surface area (Å²) in [5.41, 5.74) is -0.441. The number of anilines is 1. The Kier molecular flexibility index (Phi) is 4.64. The third-order valence-corrected chi connectivity index (χ3v) is 3.54. The molecule has 2 rings (SSSR count). The molecule has 0 aliphatic rings. The molecule has 0 aliphatic carbocycles. The predicted molar refractivity (Wildman–Crippen MR) is 85.0 cm³/mol. The summed E-state index contributed by atoms with van der Waals surface area (Å²) in [6, 6.07) is 7.70. The quantitative estimate of drug-likeness (QED) is 0.698. The van der Waals surface area contributed by atoms with Gasteiger partial charge in [0.2, 0.25) is 0 Å². The van der Waals surface area contributed by atoms with Gasteiger partial charge < -0.3 is 10.4 Å². The highest BCUT2D eigenvalue weighted by molar-refractivity contribution is 14.1. The molecule has 0 fully saturated rings. The van der Waals surface area contributed by atoms with Crippen LogP contribution in [0.4, 0.5) is 18.9 Å². The van der Waals surface area contributed by atoms with Gasteiger partial charge in [0.25, 0.3) is 5.91 Å². The van der Waals surface area contributed by atoms with Crippen molar-refractivity contribution in [3.8, 4) is 5.75 Å². The van der Waals surface area contributed by atoms with Gasteiger partial charge in [0.15, 0.2) is 0 Å². The minimum Gasteiger partial charge on any atom is -0.507 e. The normalized spacial score (nSPS) is 11.3. The Hall–Kier alpha value is -1.77. The Balaban J connectivity index is 2.32. The zero-order valence-electron chi connectivity index (χ0n) is 11.3. The highest BCUT2D eigenvalue weighted by Crippen LogP contribution is 2.32. The molecule has 0 aliphatic heterocycles. The molecule has 0 saturated carbocycles. The molecular formula is C15H11F3INO2. The number of benzene rings is 2. The van der Waals surface area contributed by atoms with E-state index in [0.29, 0.717) is 5.56 Å². The number of hydrogen-bond donors (Lipinski definition) is 2. The second kappa shape index (κ2) is 6.15. The van der Waals surface area contributed by atoms with Gasteiger partial charge in [-0.15, -0.1) is 0 Å². The molecule has 0 unspecified atom stereocenters. The summed E-state index contributed by atoms with van der Waals surface area (Å²) in [5, 5.41) is 12.1. The first-order valence-electron chi connectivity index (χ1n) is 6.15. The highest BCUT2D eigenvalue weighted by Gasteiger charge is 2.31. The zero-order valence-corrected chi connectivity index (χ0v) is 13.5. The first-order valence-corrected chi connectivity index (χ1v) is 7.23. The largest absolute Gasteiger partial charge is 0.507 e.